The van der Waals surface area contributed by atoms with E-state index in [1.165, 1.54) is 17.0 Å². The third kappa shape index (κ3) is 5.03. The zero-order valence-electron chi connectivity index (χ0n) is 19.2. The highest BCUT2D eigenvalue weighted by atomic mass is 35.5. The molecule has 12 heteroatoms. The molecule has 1 fully saturated rings. The lowest BCUT2D eigenvalue weighted by Crippen LogP contribution is -2.41. The Hall–Kier alpha value is -3.15. The van der Waals surface area contributed by atoms with Gasteiger partial charge in [-0.1, -0.05) is 29.8 Å². The van der Waals surface area contributed by atoms with E-state index in [0.29, 0.717) is 34.5 Å². The summed E-state index contributed by atoms with van der Waals surface area (Å²) in [5.41, 5.74) is 1.83. The van der Waals surface area contributed by atoms with Crippen LogP contribution in [0.4, 0.5) is 18.9 Å². The second-order valence-electron chi connectivity index (χ2n) is 9.05. The second-order valence-corrected chi connectivity index (χ2v) is 11.2. The molecule has 1 saturated heterocycles. The Morgan fingerprint density at radius 2 is 1.70 bits per heavy atom. The van der Waals surface area contributed by atoms with Gasteiger partial charge in [-0.05, 0) is 77.6 Å². The van der Waals surface area contributed by atoms with Crippen molar-refractivity contribution in [3.8, 4) is 0 Å². The Labute approximate surface area is 215 Å². The predicted molar refractivity (Wildman–Crippen MR) is 132 cm³/mol. The van der Waals surface area contributed by atoms with Crippen molar-refractivity contribution in [3.63, 3.8) is 0 Å². The number of anilines is 1. The molecule has 1 aliphatic carbocycles. The van der Waals surface area contributed by atoms with Crippen LogP contribution in [0.5, 0.6) is 0 Å². The molecule has 0 saturated carbocycles. The SMILES string of the molecule is O=C1[C@@H](NS(=O)(=O)c2ccc3cc(Cl)ccc3c2)CCN1c1ccc2c(c1)CCC2NC(=O)C(F)(F)F. The molecule has 2 N–H and O–H groups in total. The van der Waals surface area contributed by atoms with Crippen LogP contribution in [0.3, 0.4) is 0 Å². The fourth-order valence-corrected chi connectivity index (χ4v) is 6.26. The van der Waals surface area contributed by atoms with Crippen LogP contribution in [0.25, 0.3) is 10.8 Å². The molecule has 0 spiro atoms. The molecule has 2 amide bonds. The van der Waals surface area contributed by atoms with E-state index in [-0.39, 0.29) is 17.9 Å². The number of halogens is 4. The van der Waals surface area contributed by atoms with E-state index in [1.807, 2.05) is 5.32 Å². The van der Waals surface area contributed by atoms with Gasteiger partial charge in [-0.3, -0.25) is 9.59 Å². The quantitative estimate of drug-likeness (QED) is 0.496. The lowest BCUT2D eigenvalue weighted by molar-refractivity contribution is -0.174. The van der Waals surface area contributed by atoms with Crippen molar-refractivity contribution in [2.75, 3.05) is 11.4 Å². The minimum atomic E-state index is -4.96. The van der Waals surface area contributed by atoms with E-state index in [1.54, 1.807) is 42.5 Å². The highest BCUT2D eigenvalue weighted by Gasteiger charge is 2.41. The van der Waals surface area contributed by atoms with E-state index >= 15 is 0 Å². The zero-order valence-corrected chi connectivity index (χ0v) is 20.8. The number of hydrogen-bond acceptors (Lipinski definition) is 4. The number of rotatable bonds is 5. The van der Waals surface area contributed by atoms with Crippen LogP contribution >= 0.6 is 11.6 Å². The summed E-state index contributed by atoms with van der Waals surface area (Å²) in [5.74, 6) is -2.41. The van der Waals surface area contributed by atoms with Gasteiger partial charge >= 0.3 is 12.1 Å². The summed E-state index contributed by atoms with van der Waals surface area (Å²) in [6, 6.07) is 12.9. The van der Waals surface area contributed by atoms with E-state index in [9.17, 15) is 31.2 Å². The van der Waals surface area contributed by atoms with Crippen molar-refractivity contribution in [3.05, 3.63) is 70.7 Å². The summed E-state index contributed by atoms with van der Waals surface area (Å²) in [4.78, 5) is 25.9. The highest BCUT2D eigenvalue weighted by Crippen LogP contribution is 2.35. The number of carbonyl (C=O) groups is 2. The number of sulfonamides is 1. The minimum Gasteiger partial charge on any atom is -0.341 e. The molecule has 0 radical (unpaired) electrons. The molecular weight excluding hydrogens is 531 g/mol. The maximum atomic E-state index is 13.1. The molecule has 2 atom stereocenters. The van der Waals surface area contributed by atoms with Gasteiger partial charge in [-0.15, -0.1) is 0 Å². The number of hydrogen-bond donors (Lipinski definition) is 2. The van der Waals surface area contributed by atoms with Gasteiger partial charge in [-0.25, -0.2) is 8.42 Å². The van der Waals surface area contributed by atoms with E-state index < -0.39 is 40.1 Å². The average Bonchev–Trinajstić information content (AvgIpc) is 3.40. The first-order valence-corrected chi connectivity index (χ1v) is 13.3. The number of nitrogens with zero attached hydrogens (tertiary/aromatic N) is 1. The normalized spacial score (nSPS) is 19.9. The number of fused-ring (bicyclic) bond motifs is 2. The van der Waals surface area contributed by atoms with E-state index in [0.717, 1.165) is 10.9 Å². The van der Waals surface area contributed by atoms with Crippen molar-refractivity contribution in [2.24, 2.45) is 0 Å². The van der Waals surface area contributed by atoms with Crippen molar-refractivity contribution < 1.29 is 31.2 Å². The Morgan fingerprint density at radius 1 is 0.973 bits per heavy atom. The second kappa shape index (κ2) is 9.30. The Balaban J connectivity index is 1.30. The van der Waals surface area contributed by atoms with Gasteiger partial charge in [0, 0.05) is 17.3 Å². The fraction of sp³-hybridized carbons (Fsp3) is 0.280. The number of nitrogens with one attached hydrogen (secondary N) is 2. The summed E-state index contributed by atoms with van der Waals surface area (Å²) in [5, 5.41) is 4.01. The molecule has 194 valence electrons. The largest absolute Gasteiger partial charge is 0.471 e. The van der Waals surface area contributed by atoms with E-state index in [2.05, 4.69) is 4.72 Å². The van der Waals surface area contributed by atoms with Crippen LogP contribution in [0, 0.1) is 0 Å². The number of carbonyl (C=O) groups excluding carboxylic acids is 2. The Kier molecular flexibility index (Phi) is 6.41. The van der Waals surface area contributed by atoms with Crippen LogP contribution in [-0.4, -0.2) is 39.0 Å². The molecule has 3 aromatic rings. The Bertz CT molecular complexity index is 1530. The predicted octanol–water partition coefficient (Wildman–Crippen LogP) is 4.24. The first-order chi connectivity index (χ1) is 17.4. The summed E-state index contributed by atoms with van der Waals surface area (Å²) < 4.78 is 66.4. The first-order valence-electron chi connectivity index (χ1n) is 11.5. The third-order valence-corrected chi connectivity index (χ3v) is 8.37. The van der Waals surface area contributed by atoms with Crippen LogP contribution in [0.2, 0.25) is 5.02 Å². The number of amides is 2. The van der Waals surface area contributed by atoms with Crippen molar-refractivity contribution in [1.29, 1.82) is 0 Å². The first kappa shape index (κ1) is 25.5. The lowest BCUT2D eigenvalue weighted by atomic mass is 10.1. The molecule has 1 heterocycles. The maximum Gasteiger partial charge on any atom is 0.471 e. The number of benzene rings is 3. The van der Waals surface area contributed by atoms with Gasteiger partial charge in [-0.2, -0.15) is 17.9 Å². The molecule has 0 bridgehead atoms. The molecule has 2 aliphatic rings. The van der Waals surface area contributed by atoms with Crippen LogP contribution in [0.1, 0.15) is 30.0 Å². The van der Waals surface area contributed by atoms with Crippen molar-refractivity contribution >= 4 is 49.9 Å². The van der Waals surface area contributed by atoms with Gasteiger partial charge in [0.15, 0.2) is 0 Å². The van der Waals surface area contributed by atoms with E-state index in [4.69, 9.17) is 11.6 Å². The van der Waals surface area contributed by atoms with Crippen LogP contribution in [-0.2, 0) is 26.0 Å². The van der Waals surface area contributed by atoms with Gasteiger partial charge in [0.1, 0.15) is 6.04 Å². The molecule has 5 rings (SSSR count). The van der Waals surface area contributed by atoms with Crippen LogP contribution in [0.15, 0.2) is 59.5 Å². The molecule has 7 nitrogen and oxygen atoms in total. The molecular formula is C25H21ClF3N3O4S. The van der Waals surface area contributed by atoms with Gasteiger partial charge < -0.3 is 10.2 Å². The molecule has 37 heavy (non-hydrogen) atoms. The highest BCUT2D eigenvalue weighted by molar-refractivity contribution is 7.89. The third-order valence-electron chi connectivity index (χ3n) is 6.67. The zero-order chi connectivity index (χ0) is 26.5. The number of alkyl halides is 3. The van der Waals surface area contributed by atoms with Gasteiger partial charge in [0.05, 0.1) is 10.9 Å². The lowest BCUT2D eigenvalue weighted by Gasteiger charge is -2.20. The fourth-order valence-electron chi connectivity index (χ4n) is 4.82. The Morgan fingerprint density at radius 3 is 2.46 bits per heavy atom. The van der Waals surface area contributed by atoms with Gasteiger partial charge in [0.25, 0.3) is 0 Å². The summed E-state index contributed by atoms with van der Waals surface area (Å²) in [7, 11) is -3.99. The van der Waals surface area contributed by atoms with Crippen molar-refractivity contribution in [2.45, 2.75) is 42.4 Å². The summed E-state index contributed by atoms with van der Waals surface area (Å²) >= 11 is 5.99. The smallest absolute Gasteiger partial charge is 0.341 e. The van der Waals surface area contributed by atoms with Gasteiger partial charge in [0.2, 0.25) is 15.9 Å². The molecule has 1 aliphatic heterocycles. The average molecular weight is 552 g/mol. The van der Waals surface area contributed by atoms with Crippen molar-refractivity contribution in [1.82, 2.24) is 10.0 Å². The van der Waals surface area contributed by atoms with Crippen LogP contribution < -0.4 is 14.9 Å². The maximum absolute atomic E-state index is 13.1. The molecule has 0 aromatic heterocycles. The topological polar surface area (TPSA) is 95.6 Å². The number of aryl methyl sites for hydroxylation is 1. The summed E-state index contributed by atoms with van der Waals surface area (Å²) in [6.07, 6.45) is -3.96. The minimum absolute atomic E-state index is 0.0260. The monoisotopic (exact) mass is 551 g/mol. The standard InChI is InChI=1S/C25H21ClF3N3O4S/c26-17-4-1-15-13-19(6-2-14(15)11-17)37(35,36)31-22-9-10-32(23(22)33)18-5-7-20-16(12-18)3-8-21(20)30-24(34)25(27,28)29/h1-2,4-7,11-13,21-22,31H,3,8-10H2,(H,30,34)/t21?,22-/m0/s1. The molecule has 3 aromatic carbocycles. The molecule has 1 unspecified atom stereocenters. The summed E-state index contributed by atoms with van der Waals surface area (Å²) in [6.45, 7) is 0.273.